The zero-order valence-corrected chi connectivity index (χ0v) is 13.6. The molecule has 0 spiro atoms. The highest BCUT2D eigenvalue weighted by Crippen LogP contribution is 2.38. The molecule has 2 rings (SSSR count). The third-order valence-electron chi connectivity index (χ3n) is 4.72. The van der Waals surface area contributed by atoms with E-state index in [-0.39, 0.29) is 11.6 Å². The third-order valence-corrected chi connectivity index (χ3v) is 4.72. The van der Waals surface area contributed by atoms with Crippen molar-refractivity contribution in [2.45, 2.75) is 77.4 Å². The third kappa shape index (κ3) is 3.64. The van der Waals surface area contributed by atoms with Gasteiger partial charge >= 0.3 is 0 Å². The first-order valence-electron chi connectivity index (χ1n) is 8.36. The molecule has 1 fully saturated rings. The molecule has 2 atom stereocenters. The fourth-order valence-electron chi connectivity index (χ4n) is 3.06. The maximum Gasteiger partial charge on any atom is 0.243 e. The summed E-state index contributed by atoms with van der Waals surface area (Å²) < 4.78 is 11.5. The van der Waals surface area contributed by atoms with Crippen LogP contribution in [0.5, 0.6) is 0 Å². The smallest absolute Gasteiger partial charge is 0.243 e. The summed E-state index contributed by atoms with van der Waals surface area (Å²) in [5.74, 6) is 1.57. The SMILES string of the molecule is CCOC1(c2noc([C@@H](N)[C@@H](C)CC)n2)CCCCCC1. The van der Waals surface area contributed by atoms with E-state index >= 15 is 0 Å². The molecular formula is C16H29N3O2. The number of hydrogen-bond donors (Lipinski definition) is 1. The summed E-state index contributed by atoms with van der Waals surface area (Å²) in [6.45, 7) is 6.92. The zero-order chi connectivity index (χ0) is 15.3. The molecule has 0 unspecified atom stereocenters. The summed E-state index contributed by atoms with van der Waals surface area (Å²) in [4.78, 5) is 4.61. The standard InChI is InChI=1S/C16H29N3O2/c1-4-12(3)13(17)14-18-15(19-21-14)16(20-5-2)10-8-6-7-9-11-16/h12-13H,4-11,17H2,1-3H3/t12-,13-/m0/s1. The lowest BCUT2D eigenvalue weighted by Gasteiger charge is -2.29. The second kappa shape index (κ2) is 7.36. The fourth-order valence-corrected chi connectivity index (χ4v) is 3.06. The average molecular weight is 295 g/mol. The molecule has 0 saturated heterocycles. The van der Waals surface area contributed by atoms with Gasteiger partial charge in [-0.1, -0.05) is 51.1 Å². The number of nitrogens with zero attached hydrogens (tertiary/aromatic N) is 2. The van der Waals surface area contributed by atoms with Gasteiger partial charge in [-0.05, 0) is 25.7 Å². The second-order valence-corrected chi connectivity index (χ2v) is 6.21. The van der Waals surface area contributed by atoms with Crippen LogP contribution in [0.15, 0.2) is 4.52 Å². The first-order valence-corrected chi connectivity index (χ1v) is 8.36. The quantitative estimate of drug-likeness (QED) is 0.810. The van der Waals surface area contributed by atoms with E-state index in [9.17, 15) is 0 Å². The van der Waals surface area contributed by atoms with E-state index in [1.807, 2.05) is 6.92 Å². The van der Waals surface area contributed by atoms with Crippen LogP contribution in [0.3, 0.4) is 0 Å². The predicted octanol–water partition coefficient (Wildman–Crippen LogP) is 3.70. The van der Waals surface area contributed by atoms with E-state index in [1.165, 1.54) is 12.8 Å². The highest BCUT2D eigenvalue weighted by Gasteiger charge is 2.38. The van der Waals surface area contributed by atoms with Crippen molar-refractivity contribution < 1.29 is 9.26 Å². The van der Waals surface area contributed by atoms with Gasteiger partial charge in [0.2, 0.25) is 11.7 Å². The van der Waals surface area contributed by atoms with Crippen LogP contribution in [-0.4, -0.2) is 16.7 Å². The Morgan fingerprint density at radius 3 is 2.48 bits per heavy atom. The van der Waals surface area contributed by atoms with E-state index in [2.05, 4.69) is 24.0 Å². The highest BCUT2D eigenvalue weighted by atomic mass is 16.5. The average Bonchev–Trinajstić information content (AvgIpc) is 2.88. The van der Waals surface area contributed by atoms with Crippen LogP contribution in [0.1, 0.15) is 83.5 Å². The Labute approximate surface area is 127 Å². The topological polar surface area (TPSA) is 74.2 Å². The molecule has 0 aliphatic heterocycles. The number of aromatic nitrogens is 2. The molecule has 1 saturated carbocycles. The second-order valence-electron chi connectivity index (χ2n) is 6.21. The van der Waals surface area contributed by atoms with Gasteiger partial charge in [-0.15, -0.1) is 0 Å². The van der Waals surface area contributed by atoms with Crippen LogP contribution in [0.25, 0.3) is 0 Å². The van der Waals surface area contributed by atoms with Gasteiger partial charge in [0.1, 0.15) is 5.60 Å². The molecule has 5 heteroatoms. The maximum absolute atomic E-state index is 6.20. The highest BCUT2D eigenvalue weighted by molar-refractivity contribution is 5.04. The summed E-state index contributed by atoms with van der Waals surface area (Å²) in [5, 5.41) is 4.22. The molecule has 5 nitrogen and oxygen atoms in total. The normalized spacial score (nSPS) is 21.7. The van der Waals surface area contributed by atoms with E-state index in [4.69, 9.17) is 15.0 Å². The Kier molecular flexibility index (Phi) is 5.76. The Balaban J connectivity index is 2.23. The molecule has 1 aliphatic rings. The van der Waals surface area contributed by atoms with Gasteiger partial charge in [-0.2, -0.15) is 4.98 Å². The lowest BCUT2D eigenvalue weighted by Crippen LogP contribution is -2.31. The summed E-state index contributed by atoms with van der Waals surface area (Å²) in [6, 6.07) is -0.194. The summed E-state index contributed by atoms with van der Waals surface area (Å²) in [6.07, 6.45) is 7.76. The van der Waals surface area contributed by atoms with E-state index in [0.29, 0.717) is 24.2 Å². The molecule has 21 heavy (non-hydrogen) atoms. The summed E-state index contributed by atoms with van der Waals surface area (Å²) in [5.41, 5.74) is 5.83. The van der Waals surface area contributed by atoms with Gasteiger partial charge < -0.3 is 15.0 Å². The molecule has 120 valence electrons. The number of rotatable bonds is 6. The van der Waals surface area contributed by atoms with E-state index < -0.39 is 0 Å². The Hall–Kier alpha value is -0.940. The minimum Gasteiger partial charge on any atom is -0.367 e. The maximum atomic E-state index is 6.20. The number of nitrogens with two attached hydrogens (primary N) is 1. The van der Waals surface area contributed by atoms with E-state index in [0.717, 1.165) is 32.1 Å². The Morgan fingerprint density at radius 2 is 1.90 bits per heavy atom. The van der Waals surface area contributed by atoms with Crippen LogP contribution in [0.4, 0.5) is 0 Å². The number of ether oxygens (including phenoxy) is 1. The van der Waals surface area contributed by atoms with Crippen molar-refractivity contribution >= 4 is 0 Å². The Bertz CT molecular complexity index is 425. The van der Waals surface area contributed by atoms with Gasteiger partial charge in [0, 0.05) is 6.61 Å². The summed E-state index contributed by atoms with van der Waals surface area (Å²) in [7, 11) is 0. The van der Waals surface area contributed by atoms with Gasteiger partial charge in [0.25, 0.3) is 0 Å². The van der Waals surface area contributed by atoms with Crippen LogP contribution >= 0.6 is 0 Å². The van der Waals surface area contributed by atoms with Gasteiger partial charge in [0.05, 0.1) is 6.04 Å². The molecule has 0 bridgehead atoms. The molecule has 0 amide bonds. The van der Waals surface area contributed by atoms with Crippen molar-refractivity contribution in [3.63, 3.8) is 0 Å². The van der Waals surface area contributed by atoms with Crippen molar-refractivity contribution in [1.29, 1.82) is 0 Å². The minimum atomic E-state index is -0.373. The monoisotopic (exact) mass is 295 g/mol. The van der Waals surface area contributed by atoms with Crippen LogP contribution < -0.4 is 5.73 Å². The summed E-state index contributed by atoms with van der Waals surface area (Å²) >= 11 is 0. The van der Waals surface area contributed by atoms with Gasteiger partial charge in [-0.3, -0.25) is 0 Å². The molecule has 0 radical (unpaired) electrons. The molecule has 1 aromatic rings. The molecule has 1 aromatic heterocycles. The molecule has 2 N–H and O–H groups in total. The van der Waals surface area contributed by atoms with Crippen molar-refractivity contribution in [3.8, 4) is 0 Å². The van der Waals surface area contributed by atoms with Crippen molar-refractivity contribution in [2.75, 3.05) is 6.61 Å². The van der Waals surface area contributed by atoms with E-state index in [1.54, 1.807) is 0 Å². The molecular weight excluding hydrogens is 266 g/mol. The fraction of sp³-hybridized carbons (Fsp3) is 0.875. The first kappa shape index (κ1) is 16.4. The number of hydrogen-bond acceptors (Lipinski definition) is 5. The van der Waals surface area contributed by atoms with Crippen molar-refractivity contribution in [2.24, 2.45) is 11.7 Å². The lowest BCUT2D eigenvalue weighted by atomic mass is 9.93. The predicted molar refractivity (Wildman–Crippen MR) is 81.7 cm³/mol. The van der Waals surface area contributed by atoms with Gasteiger partial charge in [0.15, 0.2) is 0 Å². The minimum absolute atomic E-state index is 0.194. The lowest BCUT2D eigenvalue weighted by molar-refractivity contribution is -0.0636. The molecule has 0 aromatic carbocycles. The molecule has 1 aliphatic carbocycles. The van der Waals surface area contributed by atoms with Crippen LogP contribution in [-0.2, 0) is 10.3 Å². The van der Waals surface area contributed by atoms with Crippen molar-refractivity contribution in [3.05, 3.63) is 11.7 Å². The zero-order valence-electron chi connectivity index (χ0n) is 13.6. The Morgan fingerprint density at radius 1 is 1.24 bits per heavy atom. The molecule has 1 heterocycles. The van der Waals surface area contributed by atoms with Crippen LogP contribution in [0.2, 0.25) is 0 Å². The van der Waals surface area contributed by atoms with Gasteiger partial charge in [-0.25, -0.2) is 0 Å². The largest absolute Gasteiger partial charge is 0.367 e. The van der Waals surface area contributed by atoms with Crippen molar-refractivity contribution in [1.82, 2.24) is 10.1 Å². The van der Waals surface area contributed by atoms with Crippen LogP contribution in [0, 0.1) is 5.92 Å². The first-order chi connectivity index (χ1) is 10.1.